The van der Waals surface area contributed by atoms with E-state index in [0.29, 0.717) is 0 Å². The third kappa shape index (κ3) is 2.55. The van der Waals surface area contributed by atoms with Crippen molar-refractivity contribution < 1.29 is 0 Å². The molecule has 0 aliphatic rings. The molecule has 0 amide bonds. The molecule has 3 N–H and O–H groups in total. The van der Waals surface area contributed by atoms with Gasteiger partial charge in [-0.1, -0.05) is 23.7 Å². The third-order valence-corrected chi connectivity index (χ3v) is 2.43. The SMILES string of the molecule is NC(Cc1ccc(Cl)cc1)c1cn[nH]n1. The van der Waals surface area contributed by atoms with E-state index in [4.69, 9.17) is 17.3 Å². The van der Waals surface area contributed by atoms with E-state index in [1.807, 2.05) is 24.3 Å². The minimum atomic E-state index is -0.134. The summed E-state index contributed by atoms with van der Waals surface area (Å²) < 4.78 is 0. The molecule has 1 unspecified atom stereocenters. The lowest BCUT2D eigenvalue weighted by molar-refractivity contribution is 0.691. The number of aromatic nitrogens is 3. The quantitative estimate of drug-likeness (QED) is 0.831. The van der Waals surface area contributed by atoms with Crippen molar-refractivity contribution in [2.24, 2.45) is 5.73 Å². The zero-order chi connectivity index (χ0) is 10.7. The topological polar surface area (TPSA) is 67.6 Å². The van der Waals surface area contributed by atoms with Crippen LogP contribution in [0.4, 0.5) is 0 Å². The smallest absolute Gasteiger partial charge is 0.0995 e. The molecule has 2 aromatic rings. The van der Waals surface area contributed by atoms with Gasteiger partial charge in [0.2, 0.25) is 0 Å². The summed E-state index contributed by atoms with van der Waals surface area (Å²) in [7, 11) is 0. The van der Waals surface area contributed by atoms with E-state index in [9.17, 15) is 0 Å². The number of H-pyrrole nitrogens is 1. The fourth-order valence-electron chi connectivity index (χ4n) is 1.37. The van der Waals surface area contributed by atoms with Crippen LogP contribution in [0.15, 0.2) is 30.5 Å². The van der Waals surface area contributed by atoms with Gasteiger partial charge in [-0.2, -0.15) is 15.4 Å². The number of hydrogen-bond acceptors (Lipinski definition) is 3. The van der Waals surface area contributed by atoms with Gasteiger partial charge in [0.05, 0.1) is 17.9 Å². The van der Waals surface area contributed by atoms with Gasteiger partial charge < -0.3 is 5.73 Å². The third-order valence-electron chi connectivity index (χ3n) is 2.18. The first-order valence-electron chi connectivity index (χ1n) is 4.61. The summed E-state index contributed by atoms with van der Waals surface area (Å²) in [6.07, 6.45) is 2.37. The van der Waals surface area contributed by atoms with Crippen molar-refractivity contribution in [3.8, 4) is 0 Å². The molecule has 4 nitrogen and oxygen atoms in total. The van der Waals surface area contributed by atoms with Crippen LogP contribution >= 0.6 is 11.6 Å². The van der Waals surface area contributed by atoms with Crippen molar-refractivity contribution in [1.82, 2.24) is 15.4 Å². The van der Waals surface area contributed by atoms with Gasteiger partial charge in [-0.3, -0.25) is 0 Å². The van der Waals surface area contributed by atoms with Crippen LogP contribution in [0.3, 0.4) is 0 Å². The molecule has 0 saturated carbocycles. The summed E-state index contributed by atoms with van der Waals surface area (Å²) >= 11 is 5.79. The lowest BCUT2D eigenvalue weighted by atomic mass is 10.1. The maximum Gasteiger partial charge on any atom is 0.0995 e. The minimum absolute atomic E-state index is 0.134. The summed E-state index contributed by atoms with van der Waals surface area (Å²) in [6, 6.07) is 7.49. The highest BCUT2D eigenvalue weighted by Crippen LogP contribution is 2.15. The summed E-state index contributed by atoms with van der Waals surface area (Å²) in [5.74, 6) is 0. The Morgan fingerprint density at radius 2 is 2.07 bits per heavy atom. The molecule has 78 valence electrons. The largest absolute Gasteiger partial charge is 0.322 e. The van der Waals surface area contributed by atoms with Gasteiger partial charge in [0, 0.05) is 5.02 Å². The van der Waals surface area contributed by atoms with Crippen LogP contribution in [0.25, 0.3) is 0 Å². The predicted molar refractivity (Wildman–Crippen MR) is 58.5 cm³/mol. The first kappa shape index (κ1) is 10.1. The Morgan fingerprint density at radius 1 is 1.33 bits per heavy atom. The molecule has 5 heteroatoms. The Balaban J connectivity index is 2.06. The number of hydrogen-bond donors (Lipinski definition) is 2. The molecule has 0 bridgehead atoms. The standard InChI is InChI=1S/C10H11ClN4/c11-8-3-1-7(2-4-8)5-9(12)10-6-13-15-14-10/h1-4,6,9H,5,12H2,(H,13,14,15). The first-order chi connectivity index (χ1) is 7.25. The maximum absolute atomic E-state index is 5.95. The van der Waals surface area contributed by atoms with Crippen molar-refractivity contribution in [3.05, 3.63) is 46.7 Å². The molecular weight excluding hydrogens is 212 g/mol. The molecule has 1 heterocycles. The Kier molecular flexibility index (Phi) is 2.99. The van der Waals surface area contributed by atoms with Crippen molar-refractivity contribution in [2.75, 3.05) is 0 Å². The number of nitrogens with two attached hydrogens (primary N) is 1. The average molecular weight is 223 g/mol. The summed E-state index contributed by atoms with van der Waals surface area (Å²) in [5, 5.41) is 10.9. The first-order valence-corrected chi connectivity index (χ1v) is 4.99. The van der Waals surface area contributed by atoms with Crippen molar-refractivity contribution in [1.29, 1.82) is 0 Å². The van der Waals surface area contributed by atoms with Crippen molar-refractivity contribution in [3.63, 3.8) is 0 Å². The second-order valence-electron chi connectivity index (χ2n) is 3.33. The van der Waals surface area contributed by atoms with Gasteiger partial charge >= 0.3 is 0 Å². The maximum atomic E-state index is 5.95. The zero-order valence-corrected chi connectivity index (χ0v) is 8.78. The van der Waals surface area contributed by atoms with Gasteiger partial charge in [-0.25, -0.2) is 0 Å². The molecule has 0 spiro atoms. The number of nitrogens with one attached hydrogen (secondary N) is 1. The van der Waals surface area contributed by atoms with E-state index in [2.05, 4.69) is 15.4 Å². The van der Waals surface area contributed by atoms with Crippen LogP contribution in [0.5, 0.6) is 0 Å². The second kappa shape index (κ2) is 4.42. The normalized spacial score (nSPS) is 12.7. The van der Waals surface area contributed by atoms with Crippen LogP contribution in [0.2, 0.25) is 5.02 Å². The van der Waals surface area contributed by atoms with Crippen LogP contribution < -0.4 is 5.73 Å². The van der Waals surface area contributed by atoms with Gasteiger partial charge in [-0.15, -0.1) is 0 Å². The molecular formula is C10H11ClN4. The highest BCUT2D eigenvalue weighted by Gasteiger charge is 2.09. The van der Waals surface area contributed by atoms with Gasteiger partial charge in [0.1, 0.15) is 0 Å². The van der Waals surface area contributed by atoms with Gasteiger partial charge in [0.25, 0.3) is 0 Å². The lowest BCUT2D eigenvalue weighted by Gasteiger charge is -2.07. The molecule has 1 aromatic carbocycles. The number of nitrogens with zero attached hydrogens (tertiary/aromatic N) is 2. The molecule has 2 rings (SSSR count). The van der Waals surface area contributed by atoms with E-state index < -0.39 is 0 Å². The van der Waals surface area contributed by atoms with Gasteiger partial charge in [-0.05, 0) is 24.1 Å². The molecule has 0 saturated heterocycles. The highest BCUT2D eigenvalue weighted by molar-refractivity contribution is 6.30. The minimum Gasteiger partial charge on any atom is -0.322 e. The van der Waals surface area contributed by atoms with E-state index in [1.165, 1.54) is 0 Å². The Labute approximate surface area is 92.4 Å². The monoisotopic (exact) mass is 222 g/mol. The highest BCUT2D eigenvalue weighted by atomic mass is 35.5. The van der Waals surface area contributed by atoms with E-state index in [1.54, 1.807) is 6.20 Å². The average Bonchev–Trinajstić information content (AvgIpc) is 2.74. The molecule has 0 aliphatic carbocycles. The Hall–Kier alpha value is -1.39. The molecule has 1 atom stereocenters. The number of halogens is 1. The predicted octanol–water partition coefficient (Wildman–Crippen LogP) is 1.70. The fraction of sp³-hybridized carbons (Fsp3) is 0.200. The Bertz CT molecular complexity index is 409. The molecule has 15 heavy (non-hydrogen) atoms. The number of benzene rings is 1. The molecule has 0 aliphatic heterocycles. The lowest BCUT2D eigenvalue weighted by Crippen LogP contribution is -2.13. The van der Waals surface area contributed by atoms with Crippen LogP contribution in [0.1, 0.15) is 17.3 Å². The summed E-state index contributed by atoms with van der Waals surface area (Å²) in [5.41, 5.74) is 7.86. The van der Waals surface area contributed by atoms with Crippen molar-refractivity contribution in [2.45, 2.75) is 12.5 Å². The summed E-state index contributed by atoms with van der Waals surface area (Å²) in [4.78, 5) is 0. The fourth-order valence-corrected chi connectivity index (χ4v) is 1.49. The Morgan fingerprint density at radius 3 is 2.67 bits per heavy atom. The summed E-state index contributed by atoms with van der Waals surface area (Å²) in [6.45, 7) is 0. The van der Waals surface area contributed by atoms with E-state index in [-0.39, 0.29) is 6.04 Å². The second-order valence-corrected chi connectivity index (χ2v) is 3.77. The number of rotatable bonds is 3. The van der Waals surface area contributed by atoms with E-state index in [0.717, 1.165) is 22.7 Å². The van der Waals surface area contributed by atoms with E-state index >= 15 is 0 Å². The molecule has 0 radical (unpaired) electrons. The molecule has 1 aromatic heterocycles. The molecule has 0 fully saturated rings. The zero-order valence-electron chi connectivity index (χ0n) is 8.02. The number of aromatic amines is 1. The van der Waals surface area contributed by atoms with Gasteiger partial charge in [0.15, 0.2) is 0 Å². The van der Waals surface area contributed by atoms with Crippen molar-refractivity contribution >= 4 is 11.6 Å². The van der Waals surface area contributed by atoms with Crippen LogP contribution in [0, 0.1) is 0 Å². The van der Waals surface area contributed by atoms with Crippen LogP contribution in [-0.4, -0.2) is 15.4 Å². The van der Waals surface area contributed by atoms with Crippen LogP contribution in [-0.2, 0) is 6.42 Å².